The molecule has 0 radical (unpaired) electrons. The average molecular weight is 455 g/mol. The summed E-state index contributed by atoms with van der Waals surface area (Å²) < 4.78 is 7.20. The summed E-state index contributed by atoms with van der Waals surface area (Å²) in [5.41, 5.74) is 6.94. The lowest BCUT2D eigenvalue weighted by Crippen LogP contribution is -2.01. The van der Waals surface area contributed by atoms with Gasteiger partial charge in [-0.1, -0.05) is 46.0 Å². The van der Waals surface area contributed by atoms with Gasteiger partial charge in [0.2, 0.25) is 16.2 Å². The zero-order chi connectivity index (χ0) is 18.4. The van der Waals surface area contributed by atoms with Crippen LogP contribution in [0.2, 0.25) is 0 Å². The summed E-state index contributed by atoms with van der Waals surface area (Å²) in [6.45, 7) is 2.81. The van der Waals surface area contributed by atoms with Crippen LogP contribution < -0.4 is 10.5 Å². The van der Waals surface area contributed by atoms with Gasteiger partial charge in [0.15, 0.2) is 0 Å². The van der Waals surface area contributed by atoms with E-state index in [-0.39, 0.29) is 0 Å². The van der Waals surface area contributed by atoms with Gasteiger partial charge >= 0.3 is 0 Å². The van der Waals surface area contributed by atoms with Crippen LogP contribution >= 0.6 is 39.0 Å². The molecule has 0 atom stereocenters. The van der Waals surface area contributed by atoms with Gasteiger partial charge in [-0.2, -0.15) is 9.67 Å². The molecular formula is C16H19BrN6OS2. The minimum absolute atomic E-state index is 0.321. The van der Waals surface area contributed by atoms with Gasteiger partial charge in [0.25, 0.3) is 0 Å². The molecule has 0 aliphatic heterocycles. The first kappa shape index (κ1) is 19.1. The van der Waals surface area contributed by atoms with E-state index < -0.39 is 0 Å². The van der Waals surface area contributed by atoms with Gasteiger partial charge in [0.1, 0.15) is 10.8 Å². The lowest BCUT2D eigenvalue weighted by molar-refractivity contribution is 0.319. The van der Waals surface area contributed by atoms with E-state index in [1.54, 1.807) is 11.8 Å². The Morgan fingerprint density at radius 3 is 2.81 bits per heavy atom. The van der Waals surface area contributed by atoms with Crippen LogP contribution in [0.15, 0.2) is 29.4 Å². The van der Waals surface area contributed by atoms with Crippen molar-refractivity contribution in [2.45, 2.75) is 24.9 Å². The van der Waals surface area contributed by atoms with Crippen LogP contribution in [0.4, 0.5) is 5.95 Å². The van der Waals surface area contributed by atoms with Gasteiger partial charge < -0.3 is 10.5 Å². The van der Waals surface area contributed by atoms with E-state index >= 15 is 0 Å². The number of halogens is 1. The third-order valence-corrected chi connectivity index (χ3v) is 5.84. The maximum Gasteiger partial charge on any atom is 0.236 e. The van der Waals surface area contributed by atoms with Gasteiger partial charge in [-0.25, -0.2) is 0 Å². The summed E-state index contributed by atoms with van der Waals surface area (Å²) in [5.74, 6) is 2.12. The second-order valence-electron chi connectivity index (χ2n) is 5.32. The fraction of sp³-hybridized carbons (Fsp3) is 0.375. The van der Waals surface area contributed by atoms with Crippen LogP contribution in [-0.4, -0.2) is 42.7 Å². The summed E-state index contributed by atoms with van der Waals surface area (Å²) in [6, 6.07) is 7.82. The smallest absolute Gasteiger partial charge is 0.236 e. The zero-order valence-corrected chi connectivity index (χ0v) is 17.5. The normalized spacial score (nSPS) is 11.0. The molecule has 3 aromatic rings. The summed E-state index contributed by atoms with van der Waals surface area (Å²) in [5, 5.41) is 15.9. The standard InChI is InChI=1S/C16H19BrN6OS2/c1-2-10-25-15-19-14(18)23(22-15)16-21-20-13(26-16)11-4-6-12(7-5-11)24-9-3-8-17/h4-7H,2-3,8-10H2,1H3,(H2,18,19,22). The molecule has 26 heavy (non-hydrogen) atoms. The van der Waals surface area contributed by atoms with Crippen LogP contribution in [-0.2, 0) is 0 Å². The molecule has 0 saturated heterocycles. The third kappa shape index (κ3) is 4.74. The Kier molecular flexibility index (Phi) is 6.86. The van der Waals surface area contributed by atoms with Crippen molar-refractivity contribution in [2.75, 3.05) is 23.4 Å². The topological polar surface area (TPSA) is 91.7 Å². The van der Waals surface area contributed by atoms with Crippen LogP contribution in [0.5, 0.6) is 5.75 Å². The van der Waals surface area contributed by atoms with E-state index in [0.29, 0.717) is 22.8 Å². The first-order chi connectivity index (χ1) is 12.7. The Balaban J connectivity index is 1.72. The molecule has 2 aromatic heterocycles. The monoisotopic (exact) mass is 454 g/mol. The lowest BCUT2D eigenvalue weighted by Gasteiger charge is -2.04. The van der Waals surface area contributed by atoms with Crippen molar-refractivity contribution in [3.63, 3.8) is 0 Å². The average Bonchev–Trinajstić information content (AvgIpc) is 3.27. The second-order valence-corrected chi connectivity index (χ2v) is 8.13. The maximum absolute atomic E-state index is 5.97. The molecule has 0 aliphatic carbocycles. The molecule has 0 spiro atoms. The summed E-state index contributed by atoms with van der Waals surface area (Å²) in [7, 11) is 0. The highest BCUT2D eigenvalue weighted by atomic mass is 79.9. The van der Waals surface area contributed by atoms with Crippen LogP contribution in [0.25, 0.3) is 15.7 Å². The van der Waals surface area contributed by atoms with Gasteiger partial charge in [0, 0.05) is 16.6 Å². The molecule has 3 rings (SSSR count). The molecular weight excluding hydrogens is 436 g/mol. The number of nitrogens with zero attached hydrogens (tertiary/aromatic N) is 5. The van der Waals surface area contributed by atoms with Crippen LogP contribution in [0.1, 0.15) is 19.8 Å². The Labute approximate surface area is 168 Å². The highest BCUT2D eigenvalue weighted by Gasteiger charge is 2.14. The number of aromatic nitrogens is 5. The van der Waals surface area contributed by atoms with Crippen molar-refractivity contribution in [3.05, 3.63) is 24.3 Å². The Bertz CT molecular complexity index is 836. The SMILES string of the molecule is CCCSc1nc(N)n(-c2nnc(-c3ccc(OCCCBr)cc3)s2)n1. The van der Waals surface area contributed by atoms with E-state index in [9.17, 15) is 0 Å². The molecule has 0 amide bonds. The predicted octanol–water partition coefficient (Wildman–Crippen LogP) is 4.03. The molecule has 7 nitrogen and oxygen atoms in total. The highest BCUT2D eigenvalue weighted by Crippen LogP contribution is 2.28. The summed E-state index contributed by atoms with van der Waals surface area (Å²) >= 11 is 6.39. The number of anilines is 1. The van der Waals surface area contributed by atoms with E-state index in [1.807, 2.05) is 24.3 Å². The molecule has 1 aromatic carbocycles. The van der Waals surface area contributed by atoms with E-state index in [2.05, 4.69) is 43.1 Å². The number of rotatable bonds is 9. The number of nitrogens with two attached hydrogens (primary N) is 1. The second kappa shape index (κ2) is 9.33. The lowest BCUT2D eigenvalue weighted by atomic mass is 10.2. The number of hydrogen-bond acceptors (Lipinski definition) is 8. The number of benzene rings is 1. The fourth-order valence-corrected chi connectivity index (χ4v) is 3.78. The molecule has 0 unspecified atom stereocenters. The van der Waals surface area contributed by atoms with Crippen LogP contribution in [0.3, 0.4) is 0 Å². The van der Waals surface area contributed by atoms with Crippen molar-refractivity contribution in [1.29, 1.82) is 0 Å². The number of alkyl halides is 1. The molecule has 10 heteroatoms. The van der Waals surface area contributed by atoms with Gasteiger partial charge in [-0.15, -0.1) is 15.3 Å². The quantitative estimate of drug-likeness (QED) is 0.296. The number of thioether (sulfide) groups is 1. The minimum Gasteiger partial charge on any atom is -0.494 e. The summed E-state index contributed by atoms with van der Waals surface area (Å²) in [6.07, 6.45) is 2.03. The molecule has 2 N–H and O–H groups in total. The largest absolute Gasteiger partial charge is 0.494 e. The van der Waals surface area contributed by atoms with Crippen molar-refractivity contribution in [2.24, 2.45) is 0 Å². The molecule has 0 fully saturated rings. The Morgan fingerprint density at radius 1 is 1.27 bits per heavy atom. The zero-order valence-electron chi connectivity index (χ0n) is 14.3. The Hall–Kier alpha value is -1.65. The first-order valence-electron chi connectivity index (χ1n) is 8.19. The third-order valence-electron chi connectivity index (χ3n) is 3.29. The van der Waals surface area contributed by atoms with E-state index in [4.69, 9.17) is 10.5 Å². The molecule has 2 heterocycles. The maximum atomic E-state index is 5.97. The van der Waals surface area contributed by atoms with Gasteiger partial charge in [0.05, 0.1) is 6.61 Å². The molecule has 0 bridgehead atoms. The molecule has 0 aliphatic rings. The Morgan fingerprint density at radius 2 is 2.08 bits per heavy atom. The summed E-state index contributed by atoms with van der Waals surface area (Å²) in [4.78, 5) is 4.27. The first-order valence-corrected chi connectivity index (χ1v) is 11.1. The fourth-order valence-electron chi connectivity index (χ4n) is 2.06. The number of nitrogen functional groups attached to an aromatic ring is 1. The minimum atomic E-state index is 0.321. The highest BCUT2D eigenvalue weighted by molar-refractivity contribution is 9.09. The van der Waals surface area contributed by atoms with Gasteiger partial charge in [-0.05, 0) is 37.1 Å². The van der Waals surface area contributed by atoms with Crippen LogP contribution in [0, 0.1) is 0 Å². The molecule has 0 saturated carbocycles. The predicted molar refractivity (Wildman–Crippen MR) is 110 cm³/mol. The van der Waals surface area contributed by atoms with Crippen molar-refractivity contribution in [3.8, 4) is 21.5 Å². The van der Waals surface area contributed by atoms with E-state index in [0.717, 1.165) is 40.2 Å². The van der Waals surface area contributed by atoms with Crippen molar-refractivity contribution < 1.29 is 4.74 Å². The number of hydrogen-bond donors (Lipinski definition) is 1. The van der Waals surface area contributed by atoms with Gasteiger partial charge in [-0.3, -0.25) is 0 Å². The van der Waals surface area contributed by atoms with E-state index in [1.165, 1.54) is 16.0 Å². The molecule has 138 valence electrons. The van der Waals surface area contributed by atoms with Crippen molar-refractivity contribution in [1.82, 2.24) is 25.0 Å². The van der Waals surface area contributed by atoms with Crippen molar-refractivity contribution >= 4 is 45.0 Å². The number of ether oxygens (including phenoxy) is 1.